The average molecular weight is 375 g/mol. The van der Waals surface area contributed by atoms with Crippen LogP contribution in [0.1, 0.15) is 33.3 Å². The summed E-state index contributed by atoms with van der Waals surface area (Å²) < 4.78 is 52.8. The molecule has 0 aliphatic carbocycles. The van der Waals surface area contributed by atoms with Crippen LogP contribution in [0.4, 0.5) is 18.0 Å². The number of halogens is 3. The third-order valence-corrected chi connectivity index (χ3v) is 4.26. The number of aliphatic hydroxyl groups excluding tert-OH is 1. The van der Waals surface area contributed by atoms with Crippen LogP contribution in [-0.4, -0.2) is 42.0 Å². The lowest BCUT2D eigenvalue weighted by atomic mass is 9.76. The Kier molecular flexibility index (Phi) is 5.58. The highest BCUT2D eigenvalue weighted by molar-refractivity contribution is 5.69. The van der Waals surface area contributed by atoms with Gasteiger partial charge in [-0.2, -0.15) is 0 Å². The number of carbonyl (C=O) groups is 1. The number of carbonyl (C=O) groups excluding carboxylic acids is 1. The summed E-state index contributed by atoms with van der Waals surface area (Å²) in [6, 6.07) is 5.48. The van der Waals surface area contributed by atoms with Crippen LogP contribution in [0.3, 0.4) is 0 Å². The smallest absolute Gasteiger partial charge is 0.408 e. The first-order valence-corrected chi connectivity index (χ1v) is 8.27. The van der Waals surface area contributed by atoms with E-state index in [0.29, 0.717) is 6.92 Å². The molecule has 0 saturated carbocycles. The second kappa shape index (κ2) is 7.08. The predicted molar refractivity (Wildman–Crippen MR) is 88.4 cm³/mol. The Balaban J connectivity index is 2.50. The molecule has 1 saturated heterocycles. The topological polar surface area (TPSA) is 67.8 Å². The Bertz CT molecular complexity index is 657. The lowest BCUT2D eigenvalue weighted by Crippen LogP contribution is -2.56. The van der Waals surface area contributed by atoms with Crippen molar-refractivity contribution in [1.82, 2.24) is 5.32 Å². The zero-order valence-corrected chi connectivity index (χ0v) is 15.2. The molecule has 1 fully saturated rings. The number of alkyl carbamates (subject to hydrolysis) is 1. The molecular formula is C18H24F3NO4. The number of benzene rings is 1. The molecule has 146 valence electrons. The molecule has 8 heteroatoms. The van der Waals surface area contributed by atoms with Gasteiger partial charge >= 0.3 is 6.09 Å². The van der Waals surface area contributed by atoms with Crippen molar-refractivity contribution in [3.8, 4) is 0 Å². The van der Waals surface area contributed by atoms with E-state index in [2.05, 4.69) is 5.32 Å². The maximum atomic E-state index is 14.5. The summed E-state index contributed by atoms with van der Waals surface area (Å²) in [5.74, 6) is -5.27. The van der Waals surface area contributed by atoms with Crippen molar-refractivity contribution < 1.29 is 32.5 Å². The highest BCUT2D eigenvalue weighted by Gasteiger charge is 2.59. The zero-order chi connectivity index (χ0) is 19.8. The van der Waals surface area contributed by atoms with E-state index in [4.69, 9.17) is 9.47 Å². The second-order valence-electron chi connectivity index (χ2n) is 7.56. The van der Waals surface area contributed by atoms with E-state index in [1.807, 2.05) is 0 Å². The number of alkyl halides is 2. The number of amides is 1. The van der Waals surface area contributed by atoms with E-state index in [1.165, 1.54) is 18.2 Å². The number of rotatable bonds is 4. The van der Waals surface area contributed by atoms with Gasteiger partial charge in [0, 0.05) is 18.4 Å². The highest BCUT2D eigenvalue weighted by Crippen LogP contribution is 2.45. The maximum absolute atomic E-state index is 14.5. The molecular weight excluding hydrogens is 351 g/mol. The highest BCUT2D eigenvalue weighted by atomic mass is 19.3. The molecule has 1 unspecified atom stereocenters. The van der Waals surface area contributed by atoms with Crippen molar-refractivity contribution in [2.75, 3.05) is 13.2 Å². The van der Waals surface area contributed by atoms with Gasteiger partial charge in [-0.1, -0.05) is 18.2 Å². The molecule has 3 atom stereocenters. The van der Waals surface area contributed by atoms with Crippen LogP contribution < -0.4 is 5.32 Å². The summed E-state index contributed by atoms with van der Waals surface area (Å²) in [7, 11) is 0. The Morgan fingerprint density at radius 2 is 1.96 bits per heavy atom. The standard InChI is InChI=1S/C18H24F3NO4/c1-16(2,3)26-15(24)22-18(11-7-5-6-8-13(11)19)10-25-14(12(18)9-23)17(4,20)21/h5-8,12,14,23H,9-10H2,1-4H3,(H,22,24)/t12-,14?,18-/m1/s1. The van der Waals surface area contributed by atoms with Gasteiger partial charge in [0.2, 0.25) is 0 Å². The van der Waals surface area contributed by atoms with E-state index in [9.17, 15) is 23.1 Å². The molecule has 1 aliphatic rings. The van der Waals surface area contributed by atoms with Crippen molar-refractivity contribution in [3.63, 3.8) is 0 Å². The minimum Gasteiger partial charge on any atom is -0.444 e. The summed E-state index contributed by atoms with van der Waals surface area (Å²) in [5, 5.41) is 12.3. The Morgan fingerprint density at radius 1 is 1.35 bits per heavy atom. The maximum Gasteiger partial charge on any atom is 0.408 e. The molecule has 1 aliphatic heterocycles. The fraction of sp³-hybridized carbons (Fsp3) is 0.611. The number of nitrogens with one attached hydrogen (secondary N) is 1. The molecule has 5 nitrogen and oxygen atoms in total. The fourth-order valence-corrected chi connectivity index (χ4v) is 3.24. The van der Waals surface area contributed by atoms with Crippen LogP contribution >= 0.6 is 0 Å². The molecule has 26 heavy (non-hydrogen) atoms. The van der Waals surface area contributed by atoms with Crippen molar-refractivity contribution in [2.24, 2.45) is 5.92 Å². The Labute approximate surface area is 150 Å². The van der Waals surface area contributed by atoms with Crippen molar-refractivity contribution in [3.05, 3.63) is 35.6 Å². The van der Waals surface area contributed by atoms with Gasteiger partial charge in [0.1, 0.15) is 23.1 Å². The average Bonchev–Trinajstić information content (AvgIpc) is 2.84. The first-order chi connectivity index (χ1) is 11.9. The molecule has 0 spiro atoms. The monoisotopic (exact) mass is 375 g/mol. The third-order valence-electron chi connectivity index (χ3n) is 4.26. The molecule has 0 aromatic heterocycles. The predicted octanol–water partition coefficient (Wildman–Crippen LogP) is 3.21. The first kappa shape index (κ1) is 20.5. The molecule has 2 N–H and O–H groups in total. The lowest BCUT2D eigenvalue weighted by Gasteiger charge is -2.37. The van der Waals surface area contributed by atoms with Gasteiger partial charge in [-0.15, -0.1) is 0 Å². The van der Waals surface area contributed by atoms with E-state index in [0.717, 1.165) is 6.07 Å². The van der Waals surface area contributed by atoms with Crippen molar-refractivity contribution in [2.45, 2.75) is 50.9 Å². The van der Waals surface area contributed by atoms with Gasteiger partial charge in [-0.3, -0.25) is 0 Å². The van der Waals surface area contributed by atoms with Crippen LogP contribution in [-0.2, 0) is 15.0 Å². The van der Waals surface area contributed by atoms with Gasteiger partial charge in [0.15, 0.2) is 0 Å². The zero-order valence-electron chi connectivity index (χ0n) is 15.2. The van der Waals surface area contributed by atoms with Gasteiger partial charge in [-0.05, 0) is 26.8 Å². The number of hydrogen-bond donors (Lipinski definition) is 2. The summed E-state index contributed by atoms with van der Waals surface area (Å²) in [4.78, 5) is 12.3. The molecule has 1 aromatic rings. The van der Waals surface area contributed by atoms with Crippen molar-refractivity contribution in [1.29, 1.82) is 0 Å². The molecule has 0 bridgehead atoms. The Hall–Kier alpha value is -1.80. The number of ether oxygens (including phenoxy) is 2. The summed E-state index contributed by atoms with van der Waals surface area (Å²) in [6.45, 7) is 4.41. The van der Waals surface area contributed by atoms with E-state index in [-0.39, 0.29) is 5.56 Å². The van der Waals surface area contributed by atoms with Crippen LogP contribution in [0.2, 0.25) is 0 Å². The minimum atomic E-state index is -3.30. The molecule has 1 aromatic carbocycles. The van der Waals surface area contributed by atoms with Gasteiger partial charge in [-0.25, -0.2) is 18.0 Å². The fourth-order valence-electron chi connectivity index (χ4n) is 3.24. The van der Waals surface area contributed by atoms with Crippen LogP contribution in [0.5, 0.6) is 0 Å². The molecule has 0 radical (unpaired) electrons. The van der Waals surface area contributed by atoms with Gasteiger partial charge in [0.25, 0.3) is 5.92 Å². The van der Waals surface area contributed by atoms with Crippen LogP contribution in [0.25, 0.3) is 0 Å². The van der Waals surface area contributed by atoms with Crippen molar-refractivity contribution >= 4 is 6.09 Å². The Morgan fingerprint density at radius 3 is 2.46 bits per heavy atom. The third kappa shape index (κ3) is 4.12. The summed E-state index contributed by atoms with van der Waals surface area (Å²) in [5.41, 5.74) is -2.58. The second-order valence-corrected chi connectivity index (χ2v) is 7.56. The molecule has 1 heterocycles. The largest absolute Gasteiger partial charge is 0.444 e. The number of aliphatic hydroxyl groups is 1. The minimum absolute atomic E-state index is 0.0448. The lowest BCUT2D eigenvalue weighted by molar-refractivity contribution is -0.121. The summed E-state index contributed by atoms with van der Waals surface area (Å²) in [6.07, 6.45) is -2.61. The molecule has 2 rings (SSSR count). The normalized spacial score (nSPS) is 26.6. The van der Waals surface area contributed by atoms with Gasteiger partial charge in [0.05, 0.1) is 13.2 Å². The number of hydrogen-bond acceptors (Lipinski definition) is 4. The SMILES string of the molecule is CC(C)(C)OC(=O)N[C@@]1(c2ccccc2F)COC(C(C)(F)F)[C@H]1CO. The summed E-state index contributed by atoms with van der Waals surface area (Å²) >= 11 is 0. The van der Waals surface area contributed by atoms with Crippen LogP contribution in [0.15, 0.2) is 24.3 Å². The van der Waals surface area contributed by atoms with E-state index >= 15 is 0 Å². The van der Waals surface area contributed by atoms with E-state index < -0.39 is 54.2 Å². The first-order valence-electron chi connectivity index (χ1n) is 8.27. The van der Waals surface area contributed by atoms with E-state index in [1.54, 1.807) is 20.8 Å². The van der Waals surface area contributed by atoms with Crippen LogP contribution in [0, 0.1) is 11.7 Å². The van der Waals surface area contributed by atoms with Gasteiger partial charge < -0.3 is 19.9 Å². The molecule has 1 amide bonds. The quantitative estimate of drug-likeness (QED) is 0.848.